The third-order valence-corrected chi connectivity index (χ3v) is 6.73. The number of nitrogens with one attached hydrogen (secondary N) is 1. The summed E-state index contributed by atoms with van der Waals surface area (Å²) in [5, 5.41) is 2.89. The van der Waals surface area contributed by atoms with Crippen LogP contribution in [0.2, 0.25) is 0 Å². The molecule has 0 radical (unpaired) electrons. The van der Waals surface area contributed by atoms with Crippen LogP contribution < -0.4 is 5.32 Å². The smallest absolute Gasteiger partial charge is 0.231 e. The predicted molar refractivity (Wildman–Crippen MR) is 129 cm³/mol. The highest BCUT2D eigenvalue weighted by Gasteiger charge is 2.21. The number of aromatic nitrogens is 2. The van der Waals surface area contributed by atoms with Gasteiger partial charge in [-0.2, -0.15) is 0 Å². The number of nitrogens with zero attached hydrogens (tertiary/aromatic N) is 3. The van der Waals surface area contributed by atoms with Gasteiger partial charge in [-0.25, -0.2) is 8.42 Å². The second-order valence-corrected chi connectivity index (χ2v) is 10.1. The predicted octanol–water partition coefficient (Wildman–Crippen LogP) is 3.90. The summed E-state index contributed by atoms with van der Waals surface area (Å²) in [6.45, 7) is 2.39. The maximum atomic E-state index is 12.5. The summed E-state index contributed by atoms with van der Waals surface area (Å²) in [7, 11) is -3.22. The topological polar surface area (TPSA) is 92.3 Å². The lowest BCUT2D eigenvalue weighted by Crippen LogP contribution is -2.29. The molecule has 0 saturated heterocycles. The molecule has 8 heteroatoms. The SMILES string of the molecule is Cc1cc(-c2ccc(CC(=O)Nc3ccc(C4C=CN(S(C)(=O)=O)CC4)nc3)cc2)ccn1. The normalized spacial score (nSPS) is 15.9. The molecule has 4 rings (SSSR count). The molecule has 7 nitrogen and oxygen atoms in total. The van der Waals surface area contributed by atoms with Crippen LogP contribution in [0.1, 0.15) is 29.3 Å². The van der Waals surface area contributed by atoms with Crippen molar-refractivity contribution < 1.29 is 13.2 Å². The molecule has 0 saturated carbocycles. The summed E-state index contributed by atoms with van der Waals surface area (Å²) in [5.74, 6) is -0.0612. The first-order chi connectivity index (χ1) is 15.8. The van der Waals surface area contributed by atoms with E-state index in [9.17, 15) is 13.2 Å². The van der Waals surface area contributed by atoms with E-state index in [1.807, 2.05) is 61.5 Å². The molecule has 1 N–H and O–H groups in total. The number of benzene rings is 1. The zero-order valence-electron chi connectivity index (χ0n) is 18.6. The van der Waals surface area contributed by atoms with Crippen molar-refractivity contribution in [1.82, 2.24) is 14.3 Å². The molecule has 1 atom stereocenters. The van der Waals surface area contributed by atoms with Gasteiger partial charge in [0.05, 0.1) is 24.6 Å². The van der Waals surface area contributed by atoms with E-state index in [1.165, 1.54) is 10.6 Å². The average Bonchev–Trinajstić information content (AvgIpc) is 2.79. The van der Waals surface area contributed by atoms with E-state index in [-0.39, 0.29) is 18.2 Å². The van der Waals surface area contributed by atoms with Crippen molar-refractivity contribution in [3.63, 3.8) is 0 Å². The van der Waals surface area contributed by atoms with Gasteiger partial charge in [-0.1, -0.05) is 30.3 Å². The molecule has 2 aromatic heterocycles. The highest BCUT2D eigenvalue weighted by Crippen LogP contribution is 2.26. The molecular formula is C25H26N4O3S. The Morgan fingerprint density at radius 1 is 1.09 bits per heavy atom. The first-order valence-corrected chi connectivity index (χ1v) is 12.6. The third kappa shape index (κ3) is 5.84. The molecule has 0 aliphatic carbocycles. The molecule has 3 heterocycles. The van der Waals surface area contributed by atoms with Crippen LogP contribution in [0.25, 0.3) is 11.1 Å². The van der Waals surface area contributed by atoms with Crippen molar-refractivity contribution in [2.24, 2.45) is 0 Å². The Hall–Kier alpha value is -3.52. The van der Waals surface area contributed by atoms with Gasteiger partial charge in [0.25, 0.3) is 0 Å². The molecule has 33 heavy (non-hydrogen) atoms. The minimum atomic E-state index is -3.22. The van der Waals surface area contributed by atoms with Crippen molar-refractivity contribution in [2.75, 3.05) is 18.1 Å². The largest absolute Gasteiger partial charge is 0.324 e. The Morgan fingerprint density at radius 3 is 2.48 bits per heavy atom. The van der Waals surface area contributed by atoms with Crippen LogP contribution in [0, 0.1) is 6.92 Å². The lowest BCUT2D eigenvalue weighted by atomic mass is 9.99. The molecule has 0 fully saturated rings. The van der Waals surface area contributed by atoms with Crippen molar-refractivity contribution in [1.29, 1.82) is 0 Å². The van der Waals surface area contributed by atoms with Crippen LogP contribution in [0.15, 0.2) is 73.2 Å². The molecule has 1 unspecified atom stereocenters. The van der Waals surface area contributed by atoms with Crippen molar-refractivity contribution in [2.45, 2.75) is 25.7 Å². The fourth-order valence-corrected chi connectivity index (χ4v) is 4.52. The molecule has 1 aromatic carbocycles. The molecular weight excluding hydrogens is 436 g/mol. The van der Waals surface area contributed by atoms with E-state index < -0.39 is 10.0 Å². The first kappa shape index (κ1) is 22.7. The standard InChI is InChI=1S/C25H26N4O3S/c1-18-15-22(9-12-26-18)20-5-3-19(4-6-20)16-25(30)28-23-7-8-24(27-17-23)21-10-13-29(14-11-21)33(2,31)32/h3-10,12-13,15,17,21H,11,14,16H2,1-2H3,(H,28,30). The summed E-state index contributed by atoms with van der Waals surface area (Å²) < 4.78 is 24.6. The van der Waals surface area contributed by atoms with Gasteiger partial charge >= 0.3 is 0 Å². The van der Waals surface area contributed by atoms with E-state index in [2.05, 4.69) is 15.3 Å². The van der Waals surface area contributed by atoms with Gasteiger partial charge in [-0.3, -0.25) is 19.1 Å². The molecule has 3 aromatic rings. The maximum absolute atomic E-state index is 12.5. The van der Waals surface area contributed by atoms with E-state index in [1.54, 1.807) is 18.6 Å². The minimum Gasteiger partial charge on any atom is -0.324 e. The quantitative estimate of drug-likeness (QED) is 0.600. The fourth-order valence-electron chi connectivity index (χ4n) is 3.79. The lowest BCUT2D eigenvalue weighted by Gasteiger charge is -2.25. The van der Waals surface area contributed by atoms with Crippen LogP contribution in [0.4, 0.5) is 5.69 Å². The zero-order chi connectivity index (χ0) is 23.4. The summed E-state index contributed by atoms with van der Waals surface area (Å²) in [6.07, 6.45) is 9.01. The number of aryl methyl sites for hydroxylation is 1. The van der Waals surface area contributed by atoms with Crippen LogP contribution >= 0.6 is 0 Å². The number of carbonyl (C=O) groups is 1. The van der Waals surface area contributed by atoms with Crippen molar-refractivity contribution in [3.05, 3.63) is 90.2 Å². The molecule has 1 aliphatic rings. The Morgan fingerprint density at radius 2 is 1.88 bits per heavy atom. The van der Waals surface area contributed by atoms with Gasteiger partial charge in [0.1, 0.15) is 0 Å². The van der Waals surface area contributed by atoms with Gasteiger partial charge < -0.3 is 5.32 Å². The monoisotopic (exact) mass is 462 g/mol. The first-order valence-electron chi connectivity index (χ1n) is 10.7. The van der Waals surface area contributed by atoms with Gasteiger partial charge in [-0.05, 0) is 54.3 Å². The van der Waals surface area contributed by atoms with E-state index in [4.69, 9.17) is 0 Å². The molecule has 170 valence electrons. The number of allylic oxidation sites excluding steroid dienone is 1. The molecule has 0 spiro atoms. The van der Waals surface area contributed by atoms with E-state index in [0.29, 0.717) is 18.7 Å². The highest BCUT2D eigenvalue weighted by molar-refractivity contribution is 7.88. The van der Waals surface area contributed by atoms with Crippen LogP contribution in [0.5, 0.6) is 0 Å². The number of rotatable bonds is 6. The van der Waals surface area contributed by atoms with Crippen molar-refractivity contribution >= 4 is 21.6 Å². The van der Waals surface area contributed by atoms with E-state index >= 15 is 0 Å². The second-order valence-electron chi connectivity index (χ2n) is 8.19. The lowest BCUT2D eigenvalue weighted by molar-refractivity contribution is -0.115. The number of hydrogen-bond donors (Lipinski definition) is 1. The average molecular weight is 463 g/mol. The van der Waals surface area contributed by atoms with Crippen LogP contribution in [-0.2, 0) is 21.2 Å². The number of carbonyl (C=O) groups excluding carboxylic acids is 1. The number of hydrogen-bond acceptors (Lipinski definition) is 5. The summed E-state index contributed by atoms with van der Waals surface area (Å²) >= 11 is 0. The molecule has 1 aliphatic heterocycles. The Balaban J connectivity index is 1.34. The molecule has 1 amide bonds. The summed E-state index contributed by atoms with van der Waals surface area (Å²) in [6, 6.07) is 15.6. The van der Waals surface area contributed by atoms with Gasteiger partial charge in [-0.15, -0.1) is 0 Å². The minimum absolute atomic E-state index is 0.0513. The van der Waals surface area contributed by atoms with Gasteiger partial charge in [0.2, 0.25) is 15.9 Å². The number of anilines is 1. The fraction of sp³-hybridized carbons (Fsp3) is 0.240. The maximum Gasteiger partial charge on any atom is 0.231 e. The highest BCUT2D eigenvalue weighted by atomic mass is 32.2. The summed E-state index contributed by atoms with van der Waals surface area (Å²) in [5.41, 5.74) is 5.55. The third-order valence-electron chi connectivity index (χ3n) is 5.57. The number of sulfonamides is 1. The number of pyridine rings is 2. The van der Waals surface area contributed by atoms with E-state index in [0.717, 1.165) is 28.1 Å². The Labute approximate surface area is 194 Å². The zero-order valence-corrected chi connectivity index (χ0v) is 19.4. The molecule has 0 bridgehead atoms. The van der Waals surface area contributed by atoms with Crippen molar-refractivity contribution in [3.8, 4) is 11.1 Å². The Bertz CT molecular complexity index is 1270. The van der Waals surface area contributed by atoms with Crippen LogP contribution in [-0.4, -0.2) is 41.4 Å². The van der Waals surface area contributed by atoms with Crippen LogP contribution in [0.3, 0.4) is 0 Å². The second kappa shape index (κ2) is 9.54. The van der Waals surface area contributed by atoms with Gasteiger partial charge in [0, 0.05) is 36.2 Å². The van der Waals surface area contributed by atoms with Gasteiger partial charge in [0.15, 0.2) is 0 Å². The number of amides is 1. The summed E-state index contributed by atoms with van der Waals surface area (Å²) in [4.78, 5) is 21.2. The Kier molecular flexibility index (Phi) is 6.55.